The summed E-state index contributed by atoms with van der Waals surface area (Å²) in [5.41, 5.74) is 2.77. The van der Waals surface area contributed by atoms with E-state index in [1.807, 2.05) is 10.8 Å². The minimum absolute atomic E-state index is 0.701. The molecule has 0 atom stereocenters. The summed E-state index contributed by atoms with van der Waals surface area (Å²) in [6, 6.07) is 21.5. The van der Waals surface area contributed by atoms with Gasteiger partial charge in [0.2, 0.25) is 0 Å². The fourth-order valence-corrected chi connectivity index (χ4v) is 5.55. The Morgan fingerprint density at radius 3 is 1.62 bits per heavy atom. The Morgan fingerprint density at radius 1 is 0.676 bits per heavy atom. The molecule has 3 heterocycles. The number of allylic oxidation sites excluding steroid dienone is 1. The zero-order valence-electron chi connectivity index (χ0n) is 21.8. The molecular formula is C29H39N7S. The molecule has 2 aliphatic rings. The second kappa shape index (κ2) is 12.8. The molecule has 0 radical (unpaired) electrons. The lowest BCUT2D eigenvalue weighted by Crippen LogP contribution is -2.46. The van der Waals surface area contributed by atoms with E-state index in [0.29, 0.717) is 6.54 Å². The van der Waals surface area contributed by atoms with Gasteiger partial charge in [-0.15, -0.1) is 6.58 Å². The topological polar surface area (TPSA) is 35.7 Å². The fourth-order valence-electron chi connectivity index (χ4n) is 5.27. The van der Waals surface area contributed by atoms with Crippen LogP contribution in [0.2, 0.25) is 0 Å². The third-order valence-electron chi connectivity index (χ3n) is 7.44. The molecule has 0 saturated carbocycles. The molecule has 0 aliphatic carbocycles. The van der Waals surface area contributed by atoms with Crippen LogP contribution in [0.1, 0.15) is 17.0 Å². The predicted molar refractivity (Wildman–Crippen MR) is 152 cm³/mol. The van der Waals surface area contributed by atoms with Crippen molar-refractivity contribution in [2.24, 2.45) is 0 Å². The van der Waals surface area contributed by atoms with E-state index in [1.165, 1.54) is 11.1 Å². The number of piperazine rings is 2. The van der Waals surface area contributed by atoms with Crippen molar-refractivity contribution in [3.63, 3.8) is 0 Å². The highest BCUT2D eigenvalue weighted by Gasteiger charge is 2.22. The van der Waals surface area contributed by atoms with Crippen molar-refractivity contribution < 1.29 is 0 Å². The van der Waals surface area contributed by atoms with Crippen molar-refractivity contribution in [1.29, 1.82) is 0 Å². The smallest absolute Gasteiger partial charge is 0.199 e. The molecule has 0 spiro atoms. The first-order valence-corrected chi connectivity index (χ1v) is 13.8. The van der Waals surface area contributed by atoms with E-state index in [1.54, 1.807) is 0 Å². The number of nitrogens with zero attached hydrogens (tertiary/aromatic N) is 7. The second-order valence-electron chi connectivity index (χ2n) is 10.2. The number of benzene rings is 2. The van der Waals surface area contributed by atoms with E-state index in [-0.39, 0.29) is 0 Å². The summed E-state index contributed by atoms with van der Waals surface area (Å²) in [7, 11) is 0. The zero-order chi connectivity index (χ0) is 25.5. The van der Waals surface area contributed by atoms with Gasteiger partial charge in [-0.3, -0.25) is 24.2 Å². The molecular weight excluding hydrogens is 478 g/mol. The van der Waals surface area contributed by atoms with Crippen LogP contribution in [0.15, 0.2) is 73.3 Å². The molecule has 1 aromatic heterocycles. The number of hydrogen-bond acceptors (Lipinski definition) is 6. The Labute approximate surface area is 226 Å². The minimum atomic E-state index is 0.701. The van der Waals surface area contributed by atoms with E-state index < -0.39 is 0 Å². The van der Waals surface area contributed by atoms with Crippen LogP contribution >= 0.6 is 12.2 Å². The SMILES string of the molecule is C=CCn1c(CN2CCN(Cc3ccccc3)CC2)nn(CN2CCN(Cc3ccccc3)CC2)c1=S. The fraction of sp³-hybridized carbons (Fsp3) is 0.448. The van der Waals surface area contributed by atoms with Gasteiger partial charge in [-0.05, 0) is 23.3 Å². The Hall–Kier alpha value is -2.62. The van der Waals surface area contributed by atoms with Crippen LogP contribution in [0.4, 0.5) is 0 Å². The molecule has 8 heteroatoms. The summed E-state index contributed by atoms with van der Waals surface area (Å²) >= 11 is 5.87. The monoisotopic (exact) mass is 517 g/mol. The van der Waals surface area contributed by atoms with E-state index in [0.717, 1.165) is 89.3 Å². The Bertz CT molecular complexity index is 1170. The molecule has 2 aliphatic heterocycles. The summed E-state index contributed by atoms with van der Waals surface area (Å²) in [4.78, 5) is 10.0. The van der Waals surface area contributed by atoms with Crippen molar-refractivity contribution in [1.82, 2.24) is 33.9 Å². The summed E-state index contributed by atoms with van der Waals surface area (Å²) in [5, 5.41) is 5.01. The normalized spacial score (nSPS) is 18.3. The highest BCUT2D eigenvalue weighted by molar-refractivity contribution is 7.71. The highest BCUT2D eigenvalue weighted by atomic mass is 32.1. The largest absolute Gasteiger partial charge is 0.299 e. The van der Waals surface area contributed by atoms with E-state index >= 15 is 0 Å². The van der Waals surface area contributed by atoms with Crippen molar-refractivity contribution in [3.05, 3.63) is 95.0 Å². The van der Waals surface area contributed by atoms with Gasteiger partial charge in [0.1, 0.15) is 5.82 Å². The zero-order valence-corrected chi connectivity index (χ0v) is 22.6. The second-order valence-corrected chi connectivity index (χ2v) is 10.5. The Balaban J connectivity index is 1.15. The van der Waals surface area contributed by atoms with Gasteiger partial charge in [0, 0.05) is 72.0 Å². The van der Waals surface area contributed by atoms with Gasteiger partial charge >= 0.3 is 0 Å². The van der Waals surface area contributed by atoms with Crippen LogP contribution in [0, 0.1) is 4.77 Å². The van der Waals surface area contributed by atoms with Gasteiger partial charge in [-0.2, -0.15) is 5.10 Å². The number of hydrogen-bond donors (Lipinski definition) is 0. The molecule has 37 heavy (non-hydrogen) atoms. The summed E-state index contributed by atoms with van der Waals surface area (Å²) < 4.78 is 4.97. The summed E-state index contributed by atoms with van der Waals surface area (Å²) in [6.45, 7) is 16.7. The average Bonchev–Trinajstić information content (AvgIpc) is 3.21. The van der Waals surface area contributed by atoms with Crippen LogP contribution in [0.5, 0.6) is 0 Å². The molecule has 196 valence electrons. The highest BCUT2D eigenvalue weighted by Crippen LogP contribution is 2.14. The van der Waals surface area contributed by atoms with Crippen molar-refractivity contribution in [2.45, 2.75) is 32.8 Å². The summed E-state index contributed by atoms with van der Waals surface area (Å²) in [6.07, 6.45) is 1.92. The first-order valence-electron chi connectivity index (χ1n) is 13.4. The van der Waals surface area contributed by atoms with Gasteiger partial charge in [-0.25, -0.2) is 4.68 Å². The predicted octanol–water partition coefficient (Wildman–Crippen LogP) is 3.69. The molecule has 0 bridgehead atoms. The van der Waals surface area contributed by atoms with Crippen LogP contribution in [0.25, 0.3) is 0 Å². The van der Waals surface area contributed by atoms with E-state index in [2.05, 4.69) is 91.4 Å². The Morgan fingerprint density at radius 2 is 1.14 bits per heavy atom. The van der Waals surface area contributed by atoms with Crippen LogP contribution in [-0.2, 0) is 32.8 Å². The maximum Gasteiger partial charge on any atom is 0.199 e. The van der Waals surface area contributed by atoms with Gasteiger partial charge in [-0.1, -0.05) is 66.7 Å². The molecule has 3 aromatic rings. The van der Waals surface area contributed by atoms with Crippen molar-refractivity contribution in [3.8, 4) is 0 Å². The lowest BCUT2D eigenvalue weighted by atomic mass is 10.2. The van der Waals surface area contributed by atoms with Crippen LogP contribution in [0.3, 0.4) is 0 Å². The molecule has 2 fully saturated rings. The third kappa shape index (κ3) is 7.03. The van der Waals surface area contributed by atoms with Gasteiger partial charge in [0.05, 0.1) is 13.2 Å². The molecule has 5 rings (SSSR count). The van der Waals surface area contributed by atoms with Crippen LogP contribution < -0.4 is 0 Å². The first kappa shape index (κ1) is 26.0. The standard InChI is InChI=1S/C29H39N7S/c1-2-13-35-28(24-33-16-14-31(15-17-33)22-26-9-5-3-6-10-26)30-36(29(35)37)25-34-20-18-32(19-21-34)23-27-11-7-4-8-12-27/h2-12H,1,13-25H2. The van der Waals surface area contributed by atoms with Gasteiger partial charge in [0.15, 0.2) is 4.77 Å². The molecule has 0 unspecified atom stereocenters. The van der Waals surface area contributed by atoms with E-state index in [9.17, 15) is 0 Å². The summed E-state index contributed by atoms with van der Waals surface area (Å²) in [5.74, 6) is 1.05. The van der Waals surface area contributed by atoms with Gasteiger partial charge < -0.3 is 0 Å². The number of aromatic nitrogens is 3. The van der Waals surface area contributed by atoms with Crippen LogP contribution in [-0.4, -0.2) is 86.3 Å². The van der Waals surface area contributed by atoms with Crippen molar-refractivity contribution in [2.75, 3.05) is 52.4 Å². The maximum atomic E-state index is 5.87. The molecule has 0 amide bonds. The van der Waals surface area contributed by atoms with Gasteiger partial charge in [0.25, 0.3) is 0 Å². The third-order valence-corrected chi connectivity index (χ3v) is 7.87. The molecule has 7 nitrogen and oxygen atoms in total. The number of rotatable bonds is 10. The van der Waals surface area contributed by atoms with Crippen molar-refractivity contribution >= 4 is 12.2 Å². The lowest BCUT2D eigenvalue weighted by molar-refractivity contribution is 0.0973. The minimum Gasteiger partial charge on any atom is -0.299 e. The molecule has 0 N–H and O–H groups in total. The quantitative estimate of drug-likeness (QED) is 0.302. The first-order chi connectivity index (χ1) is 18.2. The van der Waals surface area contributed by atoms with E-state index in [4.69, 9.17) is 17.3 Å². The lowest BCUT2D eigenvalue weighted by Gasteiger charge is -2.34. The molecule has 2 saturated heterocycles. The Kier molecular flexibility index (Phi) is 8.97. The maximum absolute atomic E-state index is 5.87. The average molecular weight is 518 g/mol. The molecule has 2 aromatic carbocycles.